The maximum Gasteiger partial charge on any atom is 0.228 e. The molecule has 2 amide bonds. The topological polar surface area (TPSA) is 64.1 Å². The summed E-state index contributed by atoms with van der Waals surface area (Å²) in [4.78, 5) is 34.2. The standard InChI is InChI=1S/C31H46ClN3O3/c1-20(2)33-17-27(22-9-11-23(32)12-10-22)28(18-33)29(37)34-16-25(15-26(34)19-36)35(30(38)31(4,5)6)24-13-7-21(3)8-14-24/h9-12,21,24-28,36H,1,7-8,13-19H2,2-6H3/t21?,24?,25-,26-,27+,28?/m0/s1. The second kappa shape index (κ2) is 11.6. The van der Waals surface area contributed by atoms with Gasteiger partial charge in [-0.3, -0.25) is 9.59 Å². The summed E-state index contributed by atoms with van der Waals surface area (Å²) in [6.07, 6.45) is 4.88. The van der Waals surface area contributed by atoms with Gasteiger partial charge in [-0.15, -0.1) is 0 Å². The lowest BCUT2D eigenvalue weighted by atomic mass is 9.84. The predicted octanol–water partition coefficient (Wildman–Crippen LogP) is 5.30. The molecule has 210 valence electrons. The summed E-state index contributed by atoms with van der Waals surface area (Å²) >= 11 is 6.15. The first-order valence-electron chi connectivity index (χ1n) is 14.3. The number of amides is 2. The molecule has 1 N–H and O–H groups in total. The first-order chi connectivity index (χ1) is 17.9. The first kappa shape index (κ1) is 28.9. The SMILES string of the molecule is C=C(C)N1CC(C(=O)N2C[C@@H](N(C(=O)C(C)(C)C)C3CCC(C)CC3)C[C@H]2CO)[C@@H](c2ccc(Cl)cc2)C1. The minimum atomic E-state index is -0.498. The number of hydrogen-bond acceptors (Lipinski definition) is 4. The zero-order valence-corrected chi connectivity index (χ0v) is 24.6. The summed E-state index contributed by atoms with van der Waals surface area (Å²) < 4.78 is 0. The Morgan fingerprint density at radius 3 is 2.24 bits per heavy atom. The number of carbonyl (C=O) groups excluding carboxylic acids is 2. The highest BCUT2D eigenvalue weighted by molar-refractivity contribution is 6.30. The number of carbonyl (C=O) groups is 2. The van der Waals surface area contributed by atoms with Crippen molar-refractivity contribution >= 4 is 23.4 Å². The van der Waals surface area contributed by atoms with E-state index in [2.05, 4.69) is 23.3 Å². The van der Waals surface area contributed by atoms with E-state index in [0.29, 0.717) is 30.5 Å². The molecule has 4 atom stereocenters. The van der Waals surface area contributed by atoms with Crippen molar-refractivity contribution in [1.82, 2.24) is 14.7 Å². The van der Waals surface area contributed by atoms with Crippen LogP contribution in [0, 0.1) is 17.3 Å². The van der Waals surface area contributed by atoms with Gasteiger partial charge in [0.15, 0.2) is 0 Å². The van der Waals surface area contributed by atoms with Gasteiger partial charge < -0.3 is 19.8 Å². The Labute approximate surface area is 234 Å². The molecule has 3 fully saturated rings. The molecule has 0 radical (unpaired) electrons. The molecule has 1 aliphatic carbocycles. The van der Waals surface area contributed by atoms with Crippen LogP contribution in [0.15, 0.2) is 36.5 Å². The van der Waals surface area contributed by atoms with Crippen molar-refractivity contribution in [1.29, 1.82) is 0 Å². The van der Waals surface area contributed by atoms with E-state index in [1.54, 1.807) is 0 Å². The van der Waals surface area contributed by atoms with Crippen molar-refractivity contribution < 1.29 is 14.7 Å². The molecule has 38 heavy (non-hydrogen) atoms. The number of allylic oxidation sites excluding steroid dienone is 1. The second-order valence-corrected chi connectivity index (χ2v) is 13.4. The number of aliphatic hydroxyl groups excluding tert-OH is 1. The minimum Gasteiger partial charge on any atom is -0.394 e. The first-order valence-corrected chi connectivity index (χ1v) is 14.7. The fourth-order valence-corrected chi connectivity index (χ4v) is 6.83. The number of hydrogen-bond donors (Lipinski definition) is 1. The van der Waals surface area contributed by atoms with Crippen LogP contribution < -0.4 is 0 Å². The Kier molecular flexibility index (Phi) is 8.83. The summed E-state index contributed by atoms with van der Waals surface area (Å²) in [7, 11) is 0. The van der Waals surface area contributed by atoms with E-state index in [9.17, 15) is 14.7 Å². The maximum absolute atomic E-state index is 14.2. The summed E-state index contributed by atoms with van der Waals surface area (Å²) in [6.45, 7) is 16.1. The predicted molar refractivity (Wildman–Crippen MR) is 153 cm³/mol. The fraction of sp³-hybridized carbons (Fsp3) is 0.677. The molecule has 1 aromatic carbocycles. The fourth-order valence-electron chi connectivity index (χ4n) is 6.70. The monoisotopic (exact) mass is 543 g/mol. The van der Waals surface area contributed by atoms with Crippen LogP contribution in [0.1, 0.15) is 78.2 Å². The van der Waals surface area contributed by atoms with E-state index in [1.165, 1.54) is 0 Å². The molecule has 6 nitrogen and oxygen atoms in total. The lowest BCUT2D eigenvalue weighted by Crippen LogP contribution is -2.53. The van der Waals surface area contributed by atoms with E-state index >= 15 is 0 Å². The minimum absolute atomic E-state index is 0.0157. The van der Waals surface area contributed by atoms with Gasteiger partial charge in [0.05, 0.1) is 24.6 Å². The number of aliphatic hydroxyl groups is 1. The molecular formula is C31H46ClN3O3. The molecule has 2 saturated heterocycles. The zero-order valence-electron chi connectivity index (χ0n) is 23.8. The van der Waals surface area contributed by atoms with Crippen LogP contribution in [-0.4, -0.2) is 76.0 Å². The molecule has 1 aromatic rings. The largest absolute Gasteiger partial charge is 0.394 e. The summed E-state index contributed by atoms with van der Waals surface area (Å²) in [5.74, 6) is 0.676. The lowest BCUT2D eigenvalue weighted by Gasteiger charge is -2.42. The average Bonchev–Trinajstić information content (AvgIpc) is 3.50. The van der Waals surface area contributed by atoms with Gasteiger partial charge in [-0.05, 0) is 62.6 Å². The van der Waals surface area contributed by atoms with E-state index in [4.69, 9.17) is 11.6 Å². The van der Waals surface area contributed by atoms with Gasteiger partial charge in [-0.2, -0.15) is 0 Å². The van der Waals surface area contributed by atoms with E-state index in [-0.39, 0.29) is 48.4 Å². The van der Waals surface area contributed by atoms with Crippen LogP contribution >= 0.6 is 11.6 Å². The van der Waals surface area contributed by atoms with Crippen LogP contribution in [0.25, 0.3) is 0 Å². The highest BCUT2D eigenvalue weighted by Crippen LogP contribution is 2.39. The van der Waals surface area contributed by atoms with Gasteiger partial charge >= 0.3 is 0 Å². The zero-order chi connectivity index (χ0) is 27.8. The highest BCUT2D eigenvalue weighted by Gasteiger charge is 2.48. The van der Waals surface area contributed by atoms with E-state index < -0.39 is 5.41 Å². The molecule has 2 aliphatic heterocycles. The van der Waals surface area contributed by atoms with Crippen LogP contribution in [0.4, 0.5) is 0 Å². The van der Waals surface area contributed by atoms with Crippen molar-refractivity contribution in [3.05, 3.63) is 47.1 Å². The smallest absolute Gasteiger partial charge is 0.228 e. The molecule has 7 heteroatoms. The number of halogens is 1. The van der Waals surface area contributed by atoms with Crippen molar-refractivity contribution in [3.63, 3.8) is 0 Å². The third kappa shape index (κ3) is 6.07. The van der Waals surface area contributed by atoms with Gasteiger partial charge in [-0.1, -0.05) is 58.0 Å². The summed E-state index contributed by atoms with van der Waals surface area (Å²) in [5, 5.41) is 11.1. The normalized spacial score (nSPS) is 30.0. The van der Waals surface area contributed by atoms with Gasteiger partial charge in [0.1, 0.15) is 0 Å². The van der Waals surface area contributed by atoms with E-state index in [0.717, 1.165) is 43.5 Å². The number of likely N-dealkylation sites (tertiary alicyclic amines) is 2. The molecule has 2 heterocycles. The van der Waals surface area contributed by atoms with Gasteiger partial charge in [-0.25, -0.2) is 0 Å². The molecule has 0 bridgehead atoms. The van der Waals surface area contributed by atoms with Crippen LogP contribution in [-0.2, 0) is 9.59 Å². The molecule has 4 rings (SSSR count). The highest BCUT2D eigenvalue weighted by atomic mass is 35.5. The Morgan fingerprint density at radius 1 is 1.05 bits per heavy atom. The van der Waals surface area contributed by atoms with Crippen molar-refractivity contribution in [2.45, 2.75) is 90.8 Å². The molecule has 1 unspecified atom stereocenters. The molecule has 0 aromatic heterocycles. The Morgan fingerprint density at radius 2 is 1.68 bits per heavy atom. The van der Waals surface area contributed by atoms with Gasteiger partial charge in [0.2, 0.25) is 11.8 Å². The third-order valence-corrected chi connectivity index (χ3v) is 9.26. The molecule has 0 spiro atoms. The molecular weight excluding hydrogens is 498 g/mol. The summed E-state index contributed by atoms with van der Waals surface area (Å²) in [6, 6.07) is 7.63. The quantitative estimate of drug-likeness (QED) is 0.528. The van der Waals surface area contributed by atoms with E-state index in [1.807, 2.05) is 56.9 Å². The van der Waals surface area contributed by atoms with Crippen molar-refractivity contribution in [3.8, 4) is 0 Å². The maximum atomic E-state index is 14.2. The van der Waals surface area contributed by atoms with Gasteiger partial charge in [0, 0.05) is 47.7 Å². The second-order valence-electron chi connectivity index (χ2n) is 13.0. The van der Waals surface area contributed by atoms with Gasteiger partial charge in [0.25, 0.3) is 0 Å². The summed E-state index contributed by atoms with van der Waals surface area (Å²) in [5.41, 5.74) is 1.54. The molecule has 3 aliphatic rings. The van der Waals surface area contributed by atoms with Crippen molar-refractivity contribution in [2.24, 2.45) is 17.3 Å². The van der Waals surface area contributed by atoms with Crippen LogP contribution in [0.2, 0.25) is 5.02 Å². The number of rotatable bonds is 6. The van der Waals surface area contributed by atoms with Crippen LogP contribution in [0.3, 0.4) is 0 Å². The lowest BCUT2D eigenvalue weighted by molar-refractivity contribution is -0.146. The number of benzene rings is 1. The van der Waals surface area contributed by atoms with Crippen LogP contribution in [0.5, 0.6) is 0 Å². The Bertz CT molecular complexity index is 1010. The average molecular weight is 544 g/mol. The third-order valence-electron chi connectivity index (χ3n) is 9.01. The number of nitrogens with zero attached hydrogens (tertiary/aromatic N) is 3. The molecule has 1 saturated carbocycles. The Balaban J connectivity index is 1.59. The van der Waals surface area contributed by atoms with Crippen molar-refractivity contribution in [2.75, 3.05) is 26.2 Å². The Hall–Kier alpha value is -2.05.